The number of carbonyl (C=O) groups is 1. The van der Waals surface area contributed by atoms with E-state index in [4.69, 9.17) is 4.74 Å². The first-order valence-electron chi connectivity index (χ1n) is 7.76. The van der Waals surface area contributed by atoms with Gasteiger partial charge in [-0.1, -0.05) is 30.3 Å². The SMILES string of the molecule is Cc1ccc(C)c(OCCNC(=O)[C@H](C)Sc2ccccc2)c1. The number of nitrogens with one attached hydrogen (secondary N) is 1. The lowest BCUT2D eigenvalue weighted by atomic mass is 10.1. The molecule has 3 nitrogen and oxygen atoms in total. The van der Waals surface area contributed by atoms with E-state index in [1.807, 2.05) is 63.2 Å². The predicted octanol–water partition coefficient (Wildman–Crippen LogP) is 3.98. The largest absolute Gasteiger partial charge is 0.491 e. The van der Waals surface area contributed by atoms with Crippen LogP contribution in [0.4, 0.5) is 0 Å². The molecule has 0 aliphatic rings. The summed E-state index contributed by atoms with van der Waals surface area (Å²) in [6.45, 7) is 6.95. The Balaban J connectivity index is 1.73. The van der Waals surface area contributed by atoms with Crippen molar-refractivity contribution in [3.05, 3.63) is 59.7 Å². The van der Waals surface area contributed by atoms with E-state index in [9.17, 15) is 4.79 Å². The van der Waals surface area contributed by atoms with E-state index in [2.05, 4.69) is 11.4 Å². The average Bonchev–Trinajstić information content (AvgIpc) is 2.55. The third-order valence-corrected chi connectivity index (χ3v) is 4.54. The van der Waals surface area contributed by atoms with Gasteiger partial charge in [0.15, 0.2) is 0 Å². The van der Waals surface area contributed by atoms with Crippen molar-refractivity contribution in [2.75, 3.05) is 13.2 Å². The Hall–Kier alpha value is -1.94. The van der Waals surface area contributed by atoms with Crippen LogP contribution >= 0.6 is 11.8 Å². The van der Waals surface area contributed by atoms with Crippen LogP contribution in [0.15, 0.2) is 53.4 Å². The van der Waals surface area contributed by atoms with Crippen LogP contribution in [0.2, 0.25) is 0 Å². The van der Waals surface area contributed by atoms with Crippen molar-refractivity contribution >= 4 is 17.7 Å². The maximum Gasteiger partial charge on any atom is 0.233 e. The number of ether oxygens (including phenoxy) is 1. The summed E-state index contributed by atoms with van der Waals surface area (Å²) in [5, 5.41) is 2.80. The molecule has 0 fully saturated rings. The van der Waals surface area contributed by atoms with Gasteiger partial charge >= 0.3 is 0 Å². The van der Waals surface area contributed by atoms with E-state index < -0.39 is 0 Å². The van der Waals surface area contributed by atoms with Crippen molar-refractivity contribution in [3.8, 4) is 5.75 Å². The van der Waals surface area contributed by atoms with Crippen LogP contribution in [0.3, 0.4) is 0 Å². The lowest BCUT2D eigenvalue weighted by Gasteiger charge is -2.13. The van der Waals surface area contributed by atoms with Crippen LogP contribution < -0.4 is 10.1 Å². The molecule has 0 aliphatic heterocycles. The zero-order valence-corrected chi connectivity index (χ0v) is 14.7. The molecule has 0 heterocycles. The molecule has 0 saturated heterocycles. The number of hydrogen-bond donors (Lipinski definition) is 1. The second kappa shape index (κ2) is 8.63. The maximum absolute atomic E-state index is 12.1. The monoisotopic (exact) mass is 329 g/mol. The van der Waals surface area contributed by atoms with Crippen molar-refractivity contribution in [2.45, 2.75) is 30.9 Å². The summed E-state index contributed by atoms with van der Waals surface area (Å²) in [6.07, 6.45) is 0. The minimum absolute atomic E-state index is 0.0309. The Morgan fingerprint density at radius 2 is 1.91 bits per heavy atom. The number of carbonyl (C=O) groups excluding carboxylic acids is 1. The summed E-state index contributed by atoms with van der Waals surface area (Å²) in [5.74, 6) is 0.911. The van der Waals surface area contributed by atoms with Crippen molar-refractivity contribution in [2.24, 2.45) is 0 Å². The van der Waals surface area contributed by atoms with Crippen LogP contribution in [0, 0.1) is 13.8 Å². The minimum Gasteiger partial charge on any atom is -0.491 e. The zero-order valence-electron chi connectivity index (χ0n) is 13.8. The third-order valence-electron chi connectivity index (χ3n) is 3.43. The average molecular weight is 329 g/mol. The van der Waals surface area contributed by atoms with E-state index in [0.29, 0.717) is 13.2 Å². The fraction of sp³-hybridized carbons (Fsp3) is 0.316. The first-order chi connectivity index (χ1) is 11.1. The number of amides is 1. The van der Waals surface area contributed by atoms with Gasteiger partial charge in [-0.2, -0.15) is 0 Å². The van der Waals surface area contributed by atoms with Crippen LogP contribution in [0.5, 0.6) is 5.75 Å². The molecule has 0 aromatic heterocycles. The molecule has 0 saturated carbocycles. The number of aryl methyl sites for hydroxylation is 2. The lowest BCUT2D eigenvalue weighted by molar-refractivity contribution is -0.120. The highest BCUT2D eigenvalue weighted by atomic mass is 32.2. The number of thioether (sulfide) groups is 1. The highest BCUT2D eigenvalue weighted by Crippen LogP contribution is 2.22. The molecule has 0 aliphatic carbocycles. The Bertz CT molecular complexity index is 643. The molecular formula is C19H23NO2S. The van der Waals surface area contributed by atoms with E-state index in [-0.39, 0.29) is 11.2 Å². The Kier molecular flexibility index (Phi) is 6.53. The molecule has 4 heteroatoms. The molecule has 0 unspecified atom stereocenters. The van der Waals surface area contributed by atoms with Crippen molar-refractivity contribution in [1.82, 2.24) is 5.32 Å². The van der Waals surface area contributed by atoms with Gasteiger partial charge in [-0.25, -0.2) is 0 Å². The highest BCUT2D eigenvalue weighted by Gasteiger charge is 2.13. The number of rotatable bonds is 7. The lowest BCUT2D eigenvalue weighted by Crippen LogP contribution is -2.34. The molecule has 2 rings (SSSR count). The van der Waals surface area contributed by atoms with Gasteiger partial charge in [0.2, 0.25) is 5.91 Å². The number of hydrogen-bond acceptors (Lipinski definition) is 3. The molecule has 0 bridgehead atoms. The Labute approximate surface area is 142 Å². The van der Waals surface area contributed by atoms with Gasteiger partial charge in [0.25, 0.3) is 0 Å². The molecule has 23 heavy (non-hydrogen) atoms. The van der Waals surface area contributed by atoms with Gasteiger partial charge in [0.1, 0.15) is 12.4 Å². The molecule has 1 amide bonds. The van der Waals surface area contributed by atoms with E-state index >= 15 is 0 Å². The molecule has 122 valence electrons. The van der Waals surface area contributed by atoms with Gasteiger partial charge in [-0.05, 0) is 50.1 Å². The first kappa shape index (κ1) is 17.4. The molecule has 1 atom stereocenters. The van der Waals surface area contributed by atoms with Crippen LogP contribution in [-0.4, -0.2) is 24.3 Å². The van der Waals surface area contributed by atoms with Crippen molar-refractivity contribution < 1.29 is 9.53 Å². The second-order valence-corrected chi connectivity index (χ2v) is 6.90. The second-order valence-electron chi connectivity index (χ2n) is 5.48. The fourth-order valence-corrected chi connectivity index (χ4v) is 3.01. The van der Waals surface area contributed by atoms with Gasteiger partial charge in [-0.15, -0.1) is 11.8 Å². The van der Waals surface area contributed by atoms with E-state index in [1.165, 1.54) is 5.56 Å². The van der Waals surface area contributed by atoms with Gasteiger partial charge in [0, 0.05) is 4.90 Å². The Morgan fingerprint density at radius 3 is 2.65 bits per heavy atom. The topological polar surface area (TPSA) is 38.3 Å². The van der Waals surface area contributed by atoms with Gasteiger partial charge in [-0.3, -0.25) is 4.79 Å². The fourth-order valence-electron chi connectivity index (χ4n) is 2.10. The smallest absolute Gasteiger partial charge is 0.233 e. The zero-order chi connectivity index (χ0) is 16.7. The predicted molar refractivity (Wildman–Crippen MR) is 96.2 cm³/mol. The summed E-state index contributed by atoms with van der Waals surface area (Å²) in [4.78, 5) is 13.2. The van der Waals surface area contributed by atoms with Crippen LogP contribution in [0.1, 0.15) is 18.1 Å². The quantitative estimate of drug-likeness (QED) is 0.617. The molecule has 2 aromatic carbocycles. The molecule has 0 spiro atoms. The van der Waals surface area contributed by atoms with E-state index in [1.54, 1.807) is 11.8 Å². The normalized spacial score (nSPS) is 11.8. The van der Waals surface area contributed by atoms with Crippen molar-refractivity contribution in [1.29, 1.82) is 0 Å². The molecule has 2 aromatic rings. The molecule has 0 radical (unpaired) electrons. The molecule has 1 N–H and O–H groups in total. The third kappa shape index (κ3) is 5.64. The summed E-state index contributed by atoms with van der Waals surface area (Å²) < 4.78 is 5.74. The van der Waals surface area contributed by atoms with Gasteiger partial charge in [0.05, 0.1) is 11.8 Å². The summed E-state index contributed by atoms with van der Waals surface area (Å²) in [7, 11) is 0. The van der Waals surface area contributed by atoms with E-state index in [0.717, 1.165) is 16.2 Å². The van der Waals surface area contributed by atoms with Crippen LogP contribution in [-0.2, 0) is 4.79 Å². The first-order valence-corrected chi connectivity index (χ1v) is 8.63. The summed E-state index contributed by atoms with van der Waals surface area (Å²) in [5.41, 5.74) is 2.28. The summed E-state index contributed by atoms with van der Waals surface area (Å²) >= 11 is 1.56. The summed E-state index contributed by atoms with van der Waals surface area (Å²) in [6, 6.07) is 16.1. The Morgan fingerprint density at radius 1 is 1.17 bits per heavy atom. The highest BCUT2D eigenvalue weighted by molar-refractivity contribution is 8.00. The molecular weight excluding hydrogens is 306 g/mol. The van der Waals surface area contributed by atoms with Crippen molar-refractivity contribution in [3.63, 3.8) is 0 Å². The van der Waals surface area contributed by atoms with Gasteiger partial charge < -0.3 is 10.1 Å². The van der Waals surface area contributed by atoms with Crippen LogP contribution in [0.25, 0.3) is 0 Å². The number of benzene rings is 2. The minimum atomic E-state index is -0.127. The maximum atomic E-state index is 12.1. The standard InChI is InChI=1S/C19H23NO2S/c1-14-9-10-15(2)18(13-14)22-12-11-20-19(21)16(3)23-17-7-5-4-6-8-17/h4-10,13,16H,11-12H2,1-3H3,(H,20,21)/t16-/m0/s1.